The zero-order valence-electron chi connectivity index (χ0n) is 17.6. The molecule has 32 heavy (non-hydrogen) atoms. The molecule has 0 atom stereocenters. The Morgan fingerprint density at radius 1 is 0.938 bits per heavy atom. The number of hydrogen-bond acceptors (Lipinski definition) is 6. The van der Waals surface area contributed by atoms with Gasteiger partial charge in [-0.1, -0.05) is 30.0 Å². The van der Waals surface area contributed by atoms with Crippen molar-refractivity contribution in [3.63, 3.8) is 0 Å². The first-order valence-corrected chi connectivity index (χ1v) is 12.1. The Labute approximate surface area is 191 Å². The normalized spacial score (nSPS) is 13.2. The van der Waals surface area contributed by atoms with E-state index in [0.29, 0.717) is 40.6 Å². The monoisotopic (exact) mass is 470 g/mol. The van der Waals surface area contributed by atoms with E-state index in [9.17, 15) is 13.2 Å². The van der Waals surface area contributed by atoms with Gasteiger partial charge in [-0.2, -0.15) is 0 Å². The molecule has 166 valence electrons. The number of rotatable bonds is 6. The van der Waals surface area contributed by atoms with E-state index in [2.05, 4.69) is 0 Å². The van der Waals surface area contributed by atoms with Gasteiger partial charge >= 0.3 is 0 Å². The van der Waals surface area contributed by atoms with Crippen LogP contribution >= 0.6 is 11.8 Å². The van der Waals surface area contributed by atoms with Crippen molar-refractivity contribution in [3.8, 4) is 11.5 Å². The third-order valence-corrected chi connectivity index (χ3v) is 7.24. The van der Waals surface area contributed by atoms with Gasteiger partial charge in [0.1, 0.15) is 0 Å². The molecule has 7 nitrogen and oxygen atoms in total. The molecule has 1 amide bonds. The van der Waals surface area contributed by atoms with Gasteiger partial charge in [0.15, 0.2) is 11.5 Å². The van der Waals surface area contributed by atoms with Crippen LogP contribution in [0.25, 0.3) is 0 Å². The molecule has 1 aliphatic rings. The molecule has 1 aliphatic heterocycles. The lowest BCUT2D eigenvalue weighted by molar-refractivity contribution is 0.0984. The van der Waals surface area contributed by atoms with Crippen molar-refractivity contribution >= 4 is 33.4 Å². The van der Waals surface area contributed by atoms with Crippen LogP contribution in [0.3, 0.4) is 0 Å². The van der Waals surface area contributed by atoms with Crippen molar-refractivity contribution in [1.82, 2.24) is 0 Å². The van der Waals surface area contributed by atoms with Crippen LogP contribution in [0.4, 0.5) is 5.69 Å². The molecule has 3 aromatic rings. The molecule has 1 heterocycles. The van der Waals surface area contributed by atoms with Gasteiger partial charge in [-0.05, 0) is 54.4 Å². The molecular weight excluding hydrogens is 448 g/mol. The molecule has 9 heteroatoms. The van der Waals surface area contributed by atoms with Crippen molar-refractivity contribution in [3.05, 3.63) is 71.8 Å². The second kappa shape index (κ2) is 8.85. The van der Waals surface area contributed by atoms with E-state index >= 15 is 0 Å². The zero-order chi connectivity index (χ0) is 22.9. The highest BCUT2D eigenvalue weighted by molar-refractivity contribution is 7.99. The first kappa shape index (κ1) is 22.2. The van der Waals surface area contributed by atoms with Crippen LogP contribution in [0.1, 0.15) is 15.9 Å². The van der Waals surface area contributed by atoms with E-state index in [0.717, 1.165) is 10.5 Å². The zero-order valence-corrected chi connectivity index (χ0v) is 19.2. The summed E-state index contributed by atoms with van der Waals surface area (Å²) in [6, 6.07) is 17.5. The average Bonchev–Trinajstić information content (AvgIpc) is 2.90. The number of benzene rings is 3. The van der Waals surface area contributed by atoms with Gasteiger partial charge in [0.05, 0.1) is 30.4 Å². The van der Waals surface area contributed by atoms with Crippen LogP contribution in [-0.4, -0.2) is 35.1 Å². The van der Waals surface area contributed by atoms with Crippen molar-refractivity contribution in [2.75, 3.05) is 25.7 Å². The average molecular weight is 471 g/mol. The summed E-state index contributed by atoms with van der Waals surface area (Å²) in [7, 11) is -0.713. The summed E-state index contributed by atoms with van der Waals surface area (Å²) >= 11 is 1.35. The summed E-state index contributed by atoms with van der Waals surface area (Å²) in [6.07, 6.45) is 0.565. The van der Waals surface area contributed by atoms with Crippen LogP contribution in [-0.2, 0) is 16.4 Å². The van der Waals surface area contributed by atoms with E-state index in [4.69, 9.17) is 14.6 Å². The minimum atomic E-state index is -3.87. The lowest BCUT2D eigenvalue weighted by Crippen LogP contribution is -2.33. The Kier molecular flexibility index (Phi) is 6.14. The van der Waals surface area contributed by atoms with Gasteiger partial charge in [-0.25, -0.2) is 13.6 Å². The molecule has 2 N–H and O–H groups in total. The van der Waals surface area contributed by atoms with Gasteiger partial charge in [0.25, 0.3) is 5.91 Å². The number of carbonyl (C=O) groups excluding carboxylic acids is 1. The summed E-state index contributed by atoms with van der Waals surface area (Å²) in [4.78, 5) is 16.6. The maximum Gasteiger partial charge on any atom is 0.259 e. The van der Waals surface area contributed by atoms with E-state index in [-0.39, 0.29) is 10.8 Å². The number of anilines is 1. The second-order valence-electron chi connectivity index (χ2n) is 7.17. The van der Waals surface area contributed by atoms with Gasteiger partial charge in [-0.15, -0.1) is 0 Å². The van der Waals surface area contributed by atoms with Crippen molar-refractivity contribution < 1.29 is 22.7 Å². The predicted octanol–water partition coefficient (Wildman–Crippen LogP) is 3.71. The van der Waals surface area contributed by atoms with Gasteiger partial charge in [0.2, 0.25) is 10.0 Å². The maximum atomic E-state index is 13.5. The maximum absolute atomic E-state index is 13.5. The number of primary sulfonamides is 1. The van der Waals surface area contributed by atoms with Gasteiger partial charge in [-0.3, -0.25) is 4.79 Å². The molecule has 0 saturated carbocycles. The predicted molar refractivity (Wildman–Crippen MR) is 123 cm³/mol. The quantitative estimate of drug-likeness (QED) is 0.590. The molecule has 0 aliphatic carbocycles. The third kappa shape index (κ3) is 4.32. The molecular formula is C23H22N2O5S2. The minimum Gasteiger partial charge on any atom is -0.493 e. The fraction of sp³-hybridized carbons (Fsp3) is 0.174. The van der Waals surface area contributed by atoms with Crippen LogP contribution < -0.4 is 19.5 Å². The number of sulfonamides is 1. The van der Waals surface area contributed by atoms with Gasteiger partial charge in [0, 0.05) is 16.3 Å². The Morgan fingerprint density at radius 2 is 1.69 bits per heavy atom. The largest absolute Gasteiger partial charge is 0.493 e. The fourth-order valence-corrected chi connectivity index (χ4v) is 5.31. The number of amides is 1. The van der Waals surface area contributed by atoms with Crippen LogP contribution in [0.5, 0.6) is 11.5 Å². The van der Waals surface area contributed by atoms with E-state index < -0.39 is 10.0 Å². The number of carbonyl (C=O) groups is 1. The number of nitrogens with two attached hydrogens (primary N) is 1. The molecule has 0 spiro atoms. The summed E-state index contributed by atoms with van der Waals surface area (Å²) in [5, 5.41) is 5.33. The first-order chi connectivity index (χ1) is 15.3. The molecule has 0 bridgehead atoms. The number of nitrogens with zero attached hydrogens (tertiary/aromatic N) is 1. The molecule has 0 saturated heterocycles. The van der Waals surface area contributed by atoms with E-state index in [1.54, 1.807) is 31.3 Å². The summed E-state index contributed by atoms with van der Waals surface area (Å²) < 4.78 is 34.4. The molecule has 0 aromatic heterocycles. The van der Waals surface area contributed by atoms with Crippen molar-refractivity contribution in [2.45, 2.75) is 21.1 Å². The van der Waals surface area contributed by atoms with E-state index in [1.807, 2.05) is 36.4 Å². The lowest BCUT2D eigenvalue weighted by Gasteiger charge is -2.23. The number of hydrogen-bond donors (Lipinski definition) is 1. The van der Waals surface area contributed by atoms with Crippen LogP contribution in [0, 0.1) is 0 Å². The Bertz CT molecular complexity index is 1290. The van der Waals surface area contributed by atoms with E-state index in [1.165, 1.54) is 23.9 Å². The number of methoxy groups -OCH3 is 2. The molecule has 0 radical (unpaired) electrons. The Balaban J connectivity index is 1.73. The molecule has 3 aromatic carbocycles. The molecule has 0 unspecified atom stereocenters. The summed E-state index contributed by atoms with van der Waals surface area (Å²) in [5.41, 5.74) is 2.19. The second-order valence-corrected chi connectivity index (χ2v) is 9.81. The Hall–Kier alpha value is -3.01. The van der Waals surface area contributed by atoms with Gasteiger partial charge < -0.3 is 14.4 Å². The molecule has 0 fully saturated rings. The number of ether oxygens (including phenoxy) is 2. The smallest absolute Gasteiger partial charge is 0.259 e. The summed E-state index contributed by atoms with van der Waals surface area (Å²) in [6.45, 7) is 0.394. The fourth-order valence-electron chi connectivity index (χ4n) is 3.58. The Morgan fingerprint density at radius 3 is 2.41 bits per heavy atom. The summed E-state index contributed by atoms with van der Waals surface area (Å²) in [5.74, 6) is 1.11. The van der Waals surface area contributed by atoms with Crippen LogP contribution in [0.2, 0.25) is 0 Å². The standard InChI is InChI=1S/C23H22N2O5S2/c1-29-19-10-7-15(13-20(19)30-2)11-12-25-18-9-8-16(32(24,27)28)14-22(18)31-21-6-4-3-5-17(21)23(25)26/h3-10,13-14H,11-12H2,1-2H3,(H2,24,27,28). The molecule has 4 rings (SSSR count). The minimum absolute atomic E-state index is 0.00965. The topological polar surface area (TPSA) is 98.9 Å². The van der Waals surface area contributed by atoms with Crippen molar-refractivity contribution in [1.29, 1.82) is 0 Å². The highest BCUT2D eigenvalue weighted by Crippen LogP contribution is 2.42. The third-order valence-electron chi connectivity index (χ3n) is 5.21. The highest BCUT2D eigenvalue weighted by Gasteiger charge is 2.28. The lowest BCUT2D eigenvalue weighted by atomic mass is 10.1. The SMILES string of the molecule is COc1ccc(CCN2C(=O)c3ccccc3Sc3cc(S(N)(=O)=O)ccc32)cc1OC. The number of fused-ring (bicyclic) bond motifs is 2. The van der Waals surface area contributed by atoms with Crippen LogP contribution in [0.15, 0.2) is 75.4 Å². The highest BCUT2D eigenvalue weighted by atomic mass is 32.2. The van der Waals surface area contributed by atoms with Crippen molar-refractivity contribution in [2.24, 2.45) is 5.14 Å². The first-order valence-electron chi connectivity index (χ1n) is 9.78.